The Kier molecular flexibility index (Phi) is 9.18. The molecule has 8 heteroatoms. The fourth-order valence-corrected chi connectivity index (χ4v) is 2.22. The normalized spacial score (nSPS) is 11.9. The predicted octanol–water partition coefficient (Wildman–Crippen LogP) is 2.03. The van der Waals surface area contributed by atoms with Gasteiger partial charge < -0.3 is 14.9 Å². The summed E-state index contributed by atoms with van der Waals surface area (Å²) in [7, 11) is 1.14. The number of amides is 1. The van der Waals surface area contributed by atoms with Crippen LogP contribution in [0.25, 0.3) is 0 Å². The van der Waals surface area contributed by atoms with E-state index in [1.807, 2.05) is 30.3 Å². The van der Waals surface area contributed by atoms with Crippen molar-refractivity contribution in [3.8, 4) is 0 Å². The molecule has 5 N–H and O–H groups in total. The summed E-state index contributed by atoms with van der Waals surface area (Å²) in [5, 5.41) is 19.5. The Morgan fingerprint density at radius 1 is 0.964 bits per heavy atom. The van der Waals surface area contributed by atoms with Crippen LogP contribution in [0.2, 0.25) is 0 Å². The highest BCUT2D eigenvalue weighted by Crippen LogP contribution is 2.09. The summed E-state index contributed by atoms with van der Waals surface area (Å²) in [5.41, 5.74) is 5.54. The number of ether oxygens (including phenoxy) is 1. The van der Waals surface area contributed by atoms with Crippen LogP contribution < -0.4 is 11.1 Å². The maximum absolute atomic E-state index is 11.1. The smallest absolute Gasteiger partial charge is 0.408 e. The van der Waals surface area contributed by atoms with Gasteiger partial charge in [-0.3, -0.25) is 15.8 Å². The first-order valence-electron chi connectivity index (χ1n) is 8.45. The number of aryl methyl sites for hydroxylation is 1. The SMILES string of the molecule is COC(=O)NC(N)(Cc1ccccc1)C(=O)O.O=C(O)CCc1ccccc1. The van der Waals surface area contributed by atoms with Gasteiger partial charge in [0.1, 0.15) is 0 Å². The van der Waals surface area contributed by atoms with Crippen molar-refractivity contribution in [2.24, 2.45) is 5.73 Å². The lowest BCUT2D eigenvalue weighted by Gasteiger charge is -2.25. The van der Waals surface area contributed by atoms with Crippen LogP contribution >= 0.6 is 0 Å². The number of hydrogen-bond acceptors (Lipinski definition) is 5. The molecule has 0 bridgehead atoms. The Labute approximate surface area is 162 Å². The summed E-state index contributed by atoms with van der Waals surface area (Å²) in [6, 6.07) is 18.4. The van der Waals surface area contributed by atoms with Crippen molar-refractivity contribution in [1.82, 2.24) is 5.32 Å². The summed E-state index contributed by atoms with van der Waals surface area (Å²) in [4.78, 5) is 32.3. The van der Waals surface area contributed by atoms with Gasteiger partial charge in [0.05, 0.1) is 7.11 Å². The number of rotatable bonds is 7. The highest BCUT2D eigenvalue weighted by molar-refractivity contribution is 5.83. The molecule has 2 aromatic rings. The Balaban J connectivity index is 0.000000307. The van der Waals surface area contributed by atoms with E-state index in [-0.39, 0.29) is 12.8 Å². The highest BCUT2D eigenvalue weighted by Gasteiger charge is 2.36. The van der Waals surface area contributed by atoms with E-state index in [1.54, 1.807) is 30.3 Å². The van der Waals surface area contributed by atoms with E-state index < -0.39 is 23.7 Å². The molecule has 0 radical (unpaired) electrons. The highest BCUT2D eigenvalue weighted by atomic mass is 16.5. The number of benzene rings is 2. The zero-order chi connectivity index (χ0) is 21.0. The third kappa shape index (κ3) is 8.33. The topological polar surface area (TPSA) is 139 Å². The molecule has 1 atom stereocenters. The van der Waals surface area contributed by atoms with Crippen molar-refractivity contribution in [3.05, 3.63) is 71.8 Å². The average molecular weight is 388 g/mol. The molecule has 2 rings (SSSR count). The van der Waals surface area contributed by atoms with Crippen LogP contribution in [0.3, 0.4) is 0 Å². The third-order valence-electron chi connectivity index (χ3n) is 3.69. The van der Waals surface area contributed by atoms with Gasteiger partial charge in [-0.1, -0.05) is 60.7 Å². The van der Waals surface area contributed by atoms with E-state index in [4.69, 9.17) is 15.9 Å². The van der Waals surface area contributed by atoms with Gasteiger partial charge in [-0.25, -0.2) is 9.59 Å². The molecule has 1 unspecified atom stereocenters. The van der Waals surface area contributed by atoms with Gasteiger partial charge in [-0.2, -0.15) is 0 Å². The second-order valence-electron chi connectivity index (χ2n) is 5.93. The van der Waals surface area contributed by atoms with Crippen LogP contribution in [0.1, 0.15) is 17.5 Å². The van der Waals surface area contributed by atoms with Crippen LogP contribution in [0.15, 0.2) is 60.7 Å². The quantitative estimate of drug-likeness (QED) is 0.532. The van der Waals surface area contributed by atoms with Gasteiger partial charge in [-0.15, -0.1) is 0 Å². The molecule has 0 saturated carbocycles. The molecule has 1 amide bonds. The molecule has 2 aromatic carbocycles. The van der Waals surface area contributed by atoms with E-state index in [1.165, 1.54) is 0 Å². The second-order valence-corrected chi connectivity index (χ2v) is 5.93. The monoisotopic (exact) mass is 388 g/mol. The van der Waals surface area contributed by atoms with Crippen molar-refractivity contribution >= 4 is 18.0 Å². The second kappa shape index (κ2) is 11.3. The van der Waals surface area contributed by atoms with E-state index in [0.29, 0.717) is 12.0 Å². The zero-order valence-corrected chi connectivity index (χ0v) is 15.5. The summed E-state index contributed by atoms with van der Waals surface area (Å²) >= 11 is 0. The van der Waals surface area contributed by atoms with E-state index in [9.17, 15) is 14.4 Å². The van der Waals surface area contributed by atoms with Crippen molar-refractivity contribution in [1.29, 1.82) is 0 Å². The summed E-state index contributed by atoms with van der Waals surface area (Å²) < 4.78 is 4.34. The average Bonchev–Trinajstić information content (AvgIpc) is 2.68. The van der Waals surface area contributed by atoms with Gasteiger partial charge in [0.25, 0.3) is 0 Å². The molecule has 0 aliphatic carbocycles. The number of alkyl carbamates (subject to hydrolysis) is 1. The number of aliphatic carboxylic acids is 2. The number of hydrogen-bond donors (Lipinski definition) is 4. The van der Waals surface area contributed by atoms with E-state index in [2.05, 4.69) is 10.1 Å². The van der Waals surface area contributed by atoms with Crippen LogP contribution in [-0.2, 0) is 27.2 Å². The van der Waals surface area contributed by atoms with Crippen LogP contribution in [0.5, 0.6) is 0 Å². The molecule has 0 heterocycles. The van der Waals surface area contributed by atoms with Gasteiger partial charge in [0.15, 0.2) is 5.66 Å². The first kappa shape index (κ1) is 22.7. The van der Waals surface area contributed by atoms with E-state index in [0.717, 1.165) is 12.7 Å². The van der Waals surface area contributed by atoms with Gasteiger partial charge >= 0.3 is 18.0 Å². The summed E-state index contributed by atoms with van der Waals surface area (Å²) in [6.07, 6.45) is -0.0795. The van der Waals surface area contributed by atoms with Crippen molar-refractivity contribution < 1.29 is 29.3 Å². The Hall–Kier alpha value is -3.39. The van der Waals surface area contributed by atoms with Crippen molar-refractivity contribution in [2.75, 3.05) is 7.11 Å². The molecular weight excluding hydrogens is 364 g/mol. The largest absolute Gasteiger partial charge is 0.481 e. The maximum Gasteiger partial charge on any atom is 0.408 e. The van der Waals surface area contributed by atoms with Gasteiger partial charge in [0.2, 0.25) is 0 Å². The zero-order valence-electron chi connectivity index (χ0n) is 15.5. The number of carboxylic acid groups (broad SMARTS) is 2. The molecule has 28 heavy (non-hydrogen) atoms. The minimum Gasteiger partial charge on any atom is -0.481 e. The molecule has 8 nitrogen and oxygen atoms in total. The fourth-order valence-electron chi connectivity index (χ4n) is 2.22. The molecule has 0 fully saturated rings. The van der Waals surface area contributed by atoms with Crippen LogP contribution in [-0.4, -0.2) is 41.0 Å². The van der Waals surface area contributed by atoms with Gasteiger partial charge in [-0.05, 0) is 17.5 Å². The number of carbonyl (C=O) groups is 3. The Morgan fingerprint density at radius 2 is 1.46 bits per heavy atom. The standard InChI is InChI=1S/C11H14N2O4.C9H10O2/c1-17-10(16)13-11(12,9(14)15)7-8-5-3-2-4-6-8;10-9(11)7-6-8-4-2-1-3-5-8/h2-6H,7,12H2,1H3,(H,13,16)(H,14,15);1-5H,6-7H2,(H,10,11). The molecule has 0 aliphatic heterocycles. The van der Waals surface area contributed by atoms with Gasteiger partial charge in [0, 0.05) is 12.8 Å². The first-order chi connectivity index (χ1) is 13.3. The summed E-state index contributed by atoms with van der Waals surface area (Å²) in [5.74, 6) is -2.07. The molecular formula is C20H24N2O6. The minimum absolute atomic E-state index is 0.0295. The molecule has 0 aliphatic rings. The molecule has 0 saturated heterocycles. The third-order valence-corrected chi connectivity index (χ3v) is 3.69. The Morgan fingerprint density at radius 3 is 1.89 bits per heavy atom. The number of carboxylic acids is 2. The van der Waals surface area contributed by atoms with Crippen molar-refractivity contribution in [3.63, 3.8) is 0 Å². The Bertz CT molecular complexity index is 767. The minimum atomic E-state index is -1.88. The van der Waals surface area contributed by atoms with Crippen LogP contribution in [0, 0.1) is 0 Å². The lowest BCUT2D eigenvalue weighted by atomic mass is 10.0. The maximum atomic E-state index is 11.1. The number of methoxy groups -OCH3 is 1. The first-order valence-corrected chi connectivity index (χ1v) is 8.45. The number of carbonyl (C=O) groups excluding carboxylic acids is 1. The molecule has 0 aromatic heterocycles. The van der Waals surface area contributed by atoms with Crippen LogP contribution in [0.4, 0.5) is 4.79 Å². The lowest BCUT2D eigenvalue weighted by molar-refractivity contribution is -0.144. The fraction of sp³-hybridized carbons (Fsp3) is 0.250. The predicted molar refractivity (Wildman–Crippen MR) is 103 cm³/mol. The lowest BCUT2D eigenvalue weighted by Crippen LogP contribution is -2.63. The molecule has 0 spiro atoms. The van der Waals surface area contributed by atoms with Crippen molar-refractivity contribution in [2.45, 2.75) is 24.9 Å². The number of nitrogens with one attached hydrogen (secondary N) is 1. The summed E-state index contributed by atoms with van der Waals surface area (Å²) in [6.45, 7) is 0. The van der Waals surface area contributed by atoms with E-state index >= 15 is 0 Å². The molecule has 150 valence electrons. The number of nitrogens with two attached hydrogens (primary N) is 1.